The van der Waals surface area contributed by atoms with Gasteiger partial charge in [-0.15, -0.1) is 0 Å². The van der Waals surface area contributed by atoms with Gasteiger partial charge in [0.15, 0.2) is 5.82 Å². The Morgan fingerprint density at radius 3 is 2.63 bits per heavy atom. The molecular weight excluding hydrogens is 420 g/mol. The minimum atomic E-state index is -3.89. The standard InChI is InChI=1S/C18H25F2N5O4S/c1-12-15(11-21-25(12)17(19)20)30(26,27)24-6-4-18(5-7-24)10-14(3-8-28-18)9-16-22-13(2)29-23-16/h11,14,17H,3-10H2,1-2H3. The number of sulfonamides is 1. The summed E-state index contributed by atoms with van der Waals surface area (Å²) in [6.45, 7) is 1.37. The summed E-state index contributed by atoms with van der Waals surface area (Å²) in [5.41, 5.74) is -0.440. The molecule has 0 amide bonds. The molecule has 2 aromatic rings. The Morgan fingerprint density at radius 2 is 2.03 bits per heavy atom. The second-order valence-corrected chi connectivity index (χ2v) is 9.95. The molecule has 4 rings (SSSR count). The van der Waals surface area contributed by atoms with E-state index in [0.29, 0.717) is 48.2 Å². The van der Waals surface area contributed by atoms with Gasteiger partial charge in [0.1, 0.15) is 4.90 Å². The maximum absolute atomic E-state index is 13.0. The molecular formula is C18H25F2N5O4S. The first-order valence-electron chi connectivity index (χ1n) is 9.96. The van der Waals surface area contributed by atoms with Crippen LogP contribution in [0.5, 0.6) is 0 Å². The smallest absolute Gasteiger partial charge is 0.333 e. The molecule has 0 bridgehead atoms. The van der Waals surface area contributed by atoms with E-state index in [0.717, 1.165) is 19.0 Å². The first kappa shape index (κ1) is 21.3. The molecule has 1 spiro atoms. The molecule has 9 nitrogen and oxygen atoms in total. The molecule has 166 valence electrons. The Bertz CT molecular complexity index is 998. The molecule has 0 saturated carbocycles. The molecule has 0 aromatic carbocycles. The van der Waals surface area contributed by atoms with Crippen molar-refractivity contribution in [2.45, 2.75) is 63.0 Å². The predicted molar refractivity (Wildman–Crippen MR) is 100 cm³/mol. The van der Waals surface area contributed by atoms with Crippen LogP contribution in [0, 0.1) is 19.8 Å². The average molecular weight is 445 g/mol. The van der Waals surface area contributed by atoms with Gasteiger partial charge in [-0.25, -0.2) is 13.1 Å². The number of aromatic nitrogens is 4. The number of alkyl halides is 2. The lowest BCUT2D eigenvalue weighted by atomic mass is 9.78. The van der Waals surface area contributed by atoms with Crippen molar-refractivity contribution in [1.29, 1.82) is 0 Å². The topological polar surface area (TPSA) is 103 Å². The van der Waals surface area contributed by atoms with Crippen LogP contribution in [0.4, 0.5) is 8.78 Å². The summed E-state index contributed by atoms with van der Waals surface area (Å²) in [5.74, 6) is 1.56. The largest absolute Gasteiger partial charge is 0.375 e. The van der Waals surface area contributed by atoms with Gasteiger partial charge in [-0.2, -0.15) is 23.2 Å². The number of piperidine rings is 1. The van der Waals surface area contributed by atoms with Crippen LogP contribution in [-0.4, -0.2) is 57.9 Å². The summed E-state index contributed by atoms with van der Waals surface area (Å²) in [5, 5.41) is 7.50. The highest BCUT2D eigenvalue weighted by atomic mass is 32.2. The number of halogens is 2. The first-order valence-corrected chi connectivity index (χ1v) is 11.4. The van der Waals surface area contributed by atoms with E-state index in [9.17, 15) is 17.2 Å². The van der Waals surface area contributed by atoms with Gasteiger partial charge in [0, 0.05) is 33.0 Å². The third-order valence-electron chi connectivity index (χ3n) is 6.07. The Labute approximate surface area is 173 Å². The van der Waals surface area contributed by atoms with Gasteiger partial charge in [-0.3, -0.25) is 0 Å². The van der Waals surface area contributed by atoms with Gasteiger partial charge in [0.25, 0.3) is 0 Å². The molecule has 12 heteroatoms. The van der Waals surface area contributed by atoms with E-state index in [2.05, 4.69) is 15.2 Å². The van der Waals surface area contributed by atoms with Crippen LogP contribution < -0.4 is 0 Å². The highest BCUT2D eigenvalue weighted by Gasteiger charge is 2.43. The van der Waals surface area contributed by atoms with E-state index in [1.807, 2.05) is 0 Å². The van der Waals surface area contributed by atoms with Crippen molar-refractivity contribution in [2.75, 3.05) is 19.7 Å². The van der Waals surface area contributed by atoms with Crippen molar-refractivity contribution >= 4 is 10.0 Å². The van der Waals surface area contributed by atoms with Crippen LogP contribution in [0.15, 0.2) is 15.6 Å². The minimum Gasteiger partial charge on any atom is -0.375 e. The van der Waals surface area contributed by atoms with Gasteiger partial charge >= 0.3 is 6.55 Å². The molecule has 2 saturated heterocycles. The molecule has 4 heterocycles. The summed E-state index contributed by atoms with van der Waals surface area (Å²) < 4.78 is 64.8. The maximum Gasteiger partial charge on any atom is 0.333 e. The quantitative estimate of drug-likeness (QED) is 0.696. The zero-order chi connectivity index (χ0) is 21.5. The van der Waals surface area contributed by atoms with E-state index >= 15 is 0 Å². The lowest BCUT2D eigenvalue weighted by Gasteiger charge is -2.45. The molecule has 2 aliphatic heterocycles. The van der Waals surface area contributed by atoms with Gasteiger partial charge in [-0.05, 0) is 38.5 Å². The van der Waals surface area contributed by atoms with Crippen molar-refractivity contribution in [3.05, 3.63) is 23.6 Å². The number of hydrogen-bond acceptors (Lipinski definition) is 7. The predicted octanol–water partition coefficient (Wildman–Crippen LogP) is 2.47. The molecule has 1 unspecified atom stereocenters. The molecule has 2 aromatic heterocycles. The highest BCUT2D eigenvalue weighted by molar-refractivity contribution is 7.89. The Balaban J connectivity index is 1.42. The first-order chi connectivity index (χ1) is 14.2. The van der Waals surface area contributed by atoms with E-state index in [-0.39, 0.29) is 29.3 Å². The molecule has 0 aliphatic carbocycles. The van der Waals surface area contributed by atoms with E-state index in [1.165, 1.54) is 11.2 Å². The van der Waals surface area contributed by atoms with Crippen molar-refractivity contribution in [2.24, 2.45) is 5.92 Å². The third kappa shape index (κ3) is 4.00. The van der Waals surface area contributed by atoms with Crippen LogP contribution in [0.25, 0.3) is 0 Å². The van der Waals surface area contributed by atoms with Crippen molar-refractivity contribution in [3.63, 3.8) is 0 Å². The number of rotatable bonds is 5. The normalized spacial score (nSPS) is 22.8. The molecule has 1 atom stereocenters. The SMILES string of the molecule is Cc1nc(CC2CCOC3(CCN(S(=O)(=O)c4cnn(C(F)F)c4C)CC3)C2)no1. The second kappa shape index (κ2) is 7.97. The number of hydrogen-bond donors (Lipinski definition) is 0. The Morgan fingerprint density at radius 1 is 1.30 bits per heavy atom. The minimum absolute atomic E-state index is 0.0605. The fraction of sp³-hybridized carbons (Fsp3) is 0.722. The van der Waals surface area contributed by atoms with Crippen molar-refractivity contribution < 1.29 is 26.5 Å². The number of nitrogens with zero attached hydrogens (tertiary/aromatic N) is 5. The monoisotopic (exact) mass is 445 g/mol. The van der Waals surface area contributed by atoms with Crippen LogP contribution >= 0.6 is 0 Å². The Kier molecular flexibility index (Phi) is 5.66. The zero-order valence-electron chi connectivity index (χ0n) is 16.9. The molecule has 0 radical (unpaired) electrons. The maximum atomic E-state index is 13.0. The Hall–Kier alpha value is -1.92. The van der Waals surface area contributed by atoms with Crippen LogP contribution in [0.2, 0.25) is 0 Å². The summed E-state index contributed by atoms with van der Waals surface area (Å²) in [6.07, 6.45) is 4.50. The zero-order valence-corrected chi connectivity index (χ0v) is 17.7. The van der Waals surface area contributed by atoms with Crippen molar-refractivity contribution in [3.8, 4) is 0 Å². The van der Waals surface area contributed by atoms with E-state index < -0.39 is 16.6 Å². The lowest BCUT2D eigenvalue weighted by Crippen LogP contribution is -2.51. The molecule has 2 aliphatic rings. The lowest BCUT2D eigenvalue weighted by molar-refractivity contribution is -0.120. The van der Waals surface area contributed by atoms with E-state index in [1.54, 1.807) is 6.92 Å². The van der Waals surface area contributed by atoms with E-state index in [4.69, 9.17) is 9.26 Å². The van der Waals surface area contributed by atoms with Crippen LogP contribution in [0.1, 0.15) is 49.6 Å². The van der Waals surface area contributed by atoms with Gasteiger partial charge in [-0.1, -0.05) is 5.16 Å². The summed E-state index contributed by atoms with van der Waals surface area (Å²) in [4.78, 5) is 4.10. The summed E-state index contributed by atoms with van der Waals surface area (Å²) >= 11 is 0. The fourth-order valence-electron chi connectivity index (χ4n) is 4.47. The summed E-state index contributed by atoms with van der Waals surface area (Å²) in [6, 6.07) is 0. The number of aryl methyl sites for hydroxylation is 1. The highest BCUT2D eigenvalue weighted by Crippen LogP contribution is 2.40. The summed E-state index contributed by atoms with van der Waals surface area (Å²) in [7, 11) is -3.89. The van der Waals surface area contributed by atoms with Gasteiger partial charge < -0.3 is 9.26 Å². The molecule has 30 heavy (non-hydrogen) atoms. The van der Waals surface area contributed by atoms with Crippen LogP contribution in [0.3, 0.4) is 0 Å². The van der Waals surface area contributed by atoms with Gasteiger partial charge in [0.05, 0.1) is 17.5 Å². The van der Waals surface area contributed by atoms with Crippen molar-refractivity contribution in [1.82, 2.24) is 24.2 Å². The fourth-order valence-corrected chi connectivity index (χ4v) is 6.05. The molecule has 0 N–H and O–H groups in total. The van der Waals surface area contributed by atoms with Crippen LogP contribution in [-0.2, 0) is 21.2 Å². The average Bonchev–Trinajstić information content (AvgIpc) is 3.28. The molecule has 2 fully saturated rings. The van der Waals surface area contributed by atoms with Gasteiger partial charge in [0.2, 0.25) is 15.9 Å². The number of ether oxygens (including phenoxy) is 1. The second-order valence-electron chi connectivity index (χ2n) is 8.04. The third-order valence-corrected chi connectivity index (χ3v) is 8.07.